The Bertz CT molecular complexity index is 794. The monoisotopic (exact) mass is 313 g/mol. The Labute approximate surface area is 132 Å². The molecule has 7 heteroatoms. The maximum Gasteiger partial charge on any atom is 0.328 e. The molecule has 0 N–H and O–H groups in total. The van der Waals surface area contributed by atoms with Crippen LogP contribution in [0.2, 0.25) is 0 Å². The Kier molecular flexibility index (Phi) is 4.09. The van der Waals surface area contributed by atoms with E-state index < -0.39 is 0 Å². The van der Waals surface area contributed by atoms with Gasteiger partial charge < -0.3 is 18.6 Å². The van der Waals surface area contributed by atoms with Crippen LogP contribution in [0.25, 0.3) is 11.3 Å². The van der Waals surface area contributed by atoms with Gasteiger partial charge in [-0.05, 0) is 19.1 Å². The highest BCUT2D eigenvalue weighted by Crippen LogP contribution is 2.34. The topological polar surface area (TPSA) is 79.5 Å². The molecule has 0 aliphatic heterocycles. The fraction of sp³-hybridized carbons (Fsp3) is 0.188. The molecule has 3 aromatic rings. The largest absolute Gasteiger partial charge is 0.481 e. The number of hydrogen-bond acceptors (Lipinski definition) is 7. The van der Waals surface area contributed by atoms with Crippen molar-refractivity contribution in [1.29, 1.82) is 0 Å². The molecule has 0 saturated heterocycles. The van der Waals surface area contributed by atoms with Crippen molar-refractivity contribution in [3.05, 3.63) is 42.4 Å². The van der Waals surface area contributed by atoms with Crippen LogP contribution in [0, 0.1) is 6.92 Å². The van der Waals surface area contributed by atoms with Crippen LogP contribution in [0.4, 0.5) is 0 Å². The molecule has 0 amide bonds. The van der Waals surface area contributed by atoms with Crippen LogP contribution in [0.15, 0.2) is 41.1 Å². The van der Waals surface area contributed by atoms with Crippen LogP contribution >= 0.6 is 0 Å². The Hall–Kier alpha value is -3.09. The molecule has 0 atom stereocenters. The molecule has 0 unspecified atom stereocenters. The van der Waals surface area contributed by atoms with Gasteiger partial charge in [-0.15, -0.1) is 0 Å². The van der Waals surface area contributed by atoms with E-state index in [1.165, 1.54) is 20.6 Å². The molecule has 0 bridgehead atoms. The number of aryl methyl sites for hydroxylation is 1. The highest BCUT2D eigenvalue weighted by Gasteiger charge is 2.15. The summed E-state index contributed by atoms with van der Waals surface area (Å²) in [6, 6.07) is 9.09. The molecule has 1 aromatic carbocycles. The molecule has 2 aromatic heterocycles. The second-order valence-corrected chi connectivity index (χ2v) is 4.60. The number of nitrogens with zero attached hydrogens (tertiary/aromatic N) is 3. The highest BCUT2D eigenvalue weighted by atomic mass is 16.5. The van der Waals surface area contributed by atoms with Crippen molar-refractivity contribution >= 4 is 0 Å². The van der Waals surface area contributed by atoms with E-state index in [1.807, 2.05) is 25.1 Å². The molecule has 3 rings (SSSR count). The molecule has 0 fully saturated rings. The van der Waals surface area contributed by atoms with Crippen molar-refractivity contribution in [2.75, 3.05) is 14.2 Å². The lowest BCUT2D eigenvalue weighted by atomic mass is 10.1. The summed E-state index contributed by atoms with van der Waals surface area (Å²) < 4.78 is 21.5. The average molecular weight is 313 g/mol. The van der Waals surface area contributed by atoms with Crippen LogP contribution in [0.5, 0.6) is 23.5 Å². The molecular weight excluding hydrogens is 298 g/mol. The minimum atomic E-state index is 0.116. The zero-order chi connectivity index (χ0) is 16.2. The maximum absolute atomic E-state index is 5.80. The second kappa shape index (κ2) is 6.35. The van der Waals surface area contributed by atoms with Gasteiger partial charge in [0.15, 0.2) is 12.2 Å². The Morgan fingerprint density at radius 3 is 2.30 bits per heavy atom. The minimum Gasteiger partial charge on any atom is -0.481 e. The molecule has 0 aliphatic carbocycles. The maximum atomic E-state index is 5.80. The highest BCUT2D eigenvalue weighted by molar-refractivity contribution is 5.67. The first-order valence-corrected chi connectivity index (χ1v) is 6.85. The SMILES string of the molecule is COc1cc(OC)nc(Oc2ccccc2-c2ocnc2C)n1. The Balaban J connectivity index is 2.00. The first-order valence-electron chi connectivity index (χ1n) is 6.85. The van der Waals surface area contributed by atoms with Crippen molar-refractivity contribution in [3.63, 3.8) is 0 Å². The van der Waals surface area contributed by atoms with Crippen LogP contribution in [0.1, 0.15) is 5.69 Å². The Morgan fingerprint density at radius 2 is 1.70 bits per heavy atom. The summed E-state index contributed by atoms with van der Waals surface area (Å²) in [6.07, 6.45) is 1.40. The molecular formula is C16H15N3O4. The number of hydrogen-bond donors (Lipinski definition) is 0. The van der Waals surface area contributed by atoms with Crippen LogP contribution < -0.4 is 14.2 Å². The van der Waals surface area contributed by atoms with E-state index in [0.29, 0.717) is 23.3 Å². The number of methoxy groups -OCH3 is 2. The first-order chi connectivity index (χ1) is 11.2. The predicted octanol–water partition coefficient (Wildman–Crippen LogP) is 3.25. The van der Waals surface area contributed by atoms with Gasteiger partial charge in [0.2, 0.25) is 11.8 Å². The van der Waals surface area contributed by atoms with E-state index in [1.54, 1.807) is 12.1 Å². The van der Waals surface area contributed by atoms with Gasteiger partial charge in [0.05, 0.1) is 31.5 Å². The fourth-order valence-corrected chi connectivity index (χ4v) is 2.04. The summed E-state index contributed by atoms with van der Waals surface area (Å²) in [4.78, 5) is 12.4. The van der Waals surface area contributed by atoms with Gasteiger partial charge in [-0.1, -0.05) is 12.1 Å². The van der Waals surface area contributed by atoms with Crippen molar-refractivity contribution in [2.24, 2.45) is 0 Å². The fourth-order valence-electron chi connectivity index (χ4n) is 2.04. The quantitative estimate of drug-likeness (QED) is 0.715. The van der Waals surface area contributed by atoms with E-state index in [9.17, 15) is 0 Å². The third-order valence-electron chi connectivity index (χ3n) is 3.16. The third-order valence-corrected chi connectivity index (χ3v) is 3.16. The lowest BCUT2D eigenvalue weighted by molar-refractivity contribution is 0.348. The molecule has 0 saturated carbocycles. The standard InChI is InChI=1S/C16H15N3O4/c1-10-15(22-9-17-10)11-6-4-5-7-12(11)23-16-18-13(20-2)8-14(19-16)21-3/h4-9H,1-3H3. The van der Waals surface area contributed by atoms with Gasteiger partial charge in [-0.25, -0.2) is 4.98 Å². The van der Waals surface area contributed by atoms with Crippen molar-refractivity contribution < 1.29 is 18.6 Å². The molecule has 2 heterocycles. The first kappa shape index (κ1) is 14.8. The molecule has 0 radical (unpaired) electrons. The predicted molar refractivity (Wildman–Crippen MR) is 81.9 cm³/mol. The number of rotatable bonds is 5. The molecule has 7 nitrogen and oxygen atoms in total. The van der Waals surface area contributed by atoms with E-state index in [-0.39, 0.29) is 6.01 Å². The van der Waals surface area contributed by atoms with Crippen molar-refractivity contribution in [1.82, 2.24) is 15.0 Å². The van der Waals surface area contributed by atoms with E-state index in [4.69, 9.17) is 18.6 Å². The summed E-state index contributed by atoms with van der Waals surface area (Å²) in [5, 5.41) is 0. The van der Waals surface area contributed by atoms with Gasteiger partial charge in [0.25, 0.3) is 0 Å². The minimum absolute atomic E-state index is 0.116. The zero-order valence-corrected chi connectivity index (χ0v) is 12.9. The normalized spacial score (nSPS) is 10.4. The van der Waals surface area contributed by atoms with Gasteiger partial charge in [-0.2, -0.15) is 9.97 Å². The number of oxazole rings is 1. The number of ether oxygens (including phenoxy) is 3. The third kappa shape index (κ3) is 3.08. The van der Waals surface area contributed by atoms with Gasteiger partial charge in [-0.3, -0.25) is 0 Å². The Morgan fingerprint density at radius 1 is 1.00 bits per heavy atom. The lowest BCUT2D eigenvalue weighted by Gasteiger charge is -2.10. The molecule has 118 valence electrons. The van der Waals surface area contributed by atoms with Crippen LogP contribution in [-0.4, -0.2) is 29.2 Å². The average Bonchev–Trinajstić information content (AvgIpc) is 3.01. The van der Waals surface area contributed by atoms with E-state index in [0.717, 1.165) is 11.3 Å². The number of para-hydroxylation sites is 1. The molecule has 0 aliphatic rings. The number of benzene rings is 1. The summed E-state index contributed by atoms with van der Waals surface area (Å²) in [6.45, 7) is 1.86. The van der Waals surface area contributed by atoms with E-state index >= 15 is 0 Å². The summed E-state index contributed by atoms with van der Waals surface area (Å²) in [7, 11) is 3.02. The van der Waals surface area contributed by atoms with Crippen molar-refractivity contribution in [3.8, 4) is 34.8 Å². The second-order valence-electron chi connectivity index (χ2n) is 4.60. The zero-order valence-electron chi connectivity index (χ0n) is 12.9. The van der Waals surface area contributed by atoms with Crippen LogP contribution in [-0.2, 0) is 0 Å². The smallest absolute Gasteiger partial charge is 0.328 e. The van der Waals surface area contributed by atoms with E-state index in [2.05, 4.69) is 15.0 Å². The number of aromatic nitrogens is 3. The molecule has 0 spiro atoms. The van der Waals surface area contributed by atoms with Gasteiger partial charge in [0, 0.05) is 0 Å². The lowest BCUT2D eigenvalue weighted by Crippen LogP contribution is -1.98. The summed E-state index contributed by atoms with van der Waals surface area (Å²) in [5.74, 6) is 1.87. The summed E-state index contributed by atoms with van der Waals surface area (Å²) >= 11 is 0. The van der Waals surface area contributed by atoms with Gasteiger partial charge in [0.1, 0.15) is 5.75 Å². The summed E-state index contributed by atoms with van der Waals surface area (Å²) in [5.41, 5.74) is 1.53. The van der Waals surface area contributed by atoms with Crippen LogP contribution in [0.3, 0.4) is 0 Å². The molecule has 23 heavy (non-hydrogen) atoms. The van der Waals surface area contributed by atoms with Gasteiger partial charge >= 0.3 is 6.01 Å². The van der Waals surface area contributed by atoms with Crippen molar-refractivity contribution in [2.45, 2.75) is 6.92 Å².